The molecule has 3 heteroatoms. The van der Waals surface area contributed by atoms with Crippen molar-refractivity contribution in [2.24, 2.45) is 0 Å². The SMILES string of the molecule is CC(C)(C)c1nn(C2CCCCCC2)cc1C=O. The van der Waals surface area contributed by atoms with Gasteiger partial charge in [-0.2, -0.15) is 5.10 Å². The van der Waals surface area contributed by atoms with Crippen molar-refractivity contribution in [3.8, 4) is 0 Å². The minimum absolute atomic E-state index is 0.0633. The molecule has 1 heterocycles. The van der Waals surface area contributed by atoms with Gasteiger partial charge in [0, 0.05) is 11.6 Å². The quantitative estimate of drug-likeness (QED) is 0.588. The van der Waals surface area contributed by atoms with Crippen LogP contribution in [-0.4, -0.2) is 16.1 Å². The zero-order chi connectivity index (χ0) is 13.2. The van der Waals surface area contributed by atoms with Gasteiger partial charge in [-0.15, -0.1) is 0 Å². The lowest BCUT2D eigenvalue weighted by atomic mass is 9.90. The fraction of sp³-hybridized carbons (Fsp3) is 0.733. The van der Waals surface area contributed by atoms with Gasteiger partial charge in [0.2, 0.25) is 0 Å². The van der Waals surface area contributed by atoms with Gasteiger partial charge in [0.1, 0.15) is 0 Å². The van der Waals surface area contributed by atoms with Crippen molar-refractivity contribution >= 4 is 6.29 Å². The van der Waals surface area contributed by atoms with Gasteiger partial charge in [-0.3, -0.25) is 9.48 Å². The summed E-state index contributed by atoms with van der Waals surface area (Å²) in [5.74, 6) is 0. The molecule has 0 saturated heterocycles. The molecule has 1 fully saturated rings. The van der Waals surface area contributed by atoms with Crippen LogP contribution in [0.15, 0.2) is 6.20 Å². The zero-order valence-electron chi connectivity index (χ0n) is 11.8. The largest absolute Gasteiger partial charge is 0.298 e. The highest BCUT2D eigenvalue weighted by atomic mass is 16.1. The maximum absolute atomic E-state index is 11.2. The molecule has 0 aromatic carbocycles. The van der Waals surface area contributed by atoms with Crippen molar-refractivity contribution in [1.82, 2.24) is 9.78 Å². The molecule has 0 spiro atoms. The number of hydrogen-bond donors (Lipinski definition) is 0. The molecule has 0 aliphatic heterocycles. The number of carbonyl (C=O) groups excluding carboxylic acids is 1. The van der Waals surface area contributed by atoms with Gasteiger partial charge in [0.05, 0.1) is 17.3 Å². The Morgan fingerprint density at radius 1 is 1.22 bits per heavy atom. The van der Waals surface area contributed by atoms with Gasteiger partial charge in [0.15, 0.2) is 6.29 Å². The van der Waals surface area contributed by atoms with Crippen LogP contribution in [0, 0.1) is 0 Å². The molecule has 1 aliphatic carbocycles. The Balaban J connectivity index is 2.28. The summed E-state index contributed by atoms with van der Waals surface area (Å²) in [5.41, 5.74) is 1.63. The smallest absolute Gasteiger partial charge is 0.153 e. The number of nitrogens with zero attached hydrogens (tertiary/aromatic N) is 2. The van der Waals surface area contributed by atoms with Crippen molar-refractivity contribution in [1.29, 1.82) is 0 Å². The van der Waals surface area contributed by atoms with Gasteiger partial charge in [0.25, 0.3) is 0 Å². The molecular weight excluding hydrogens is 224 g/mol. The highest BCUT2D eigenvalue weighted by Gasteiger charge is 2.24. The molecule has 2 rings (SSSR count). The molecule has 1 aliphatic rings. The molecule has 1 aromatic rings. The second-order valence-electron chi connectivity index (χ2n) is 6.43. The van der Waals surface area contributed by atoms with Crippen molar-refractivity contribution in [2.45, 2.75) is 70.8 Å². The molecule has 0 unspecified atom stereocenters. The molecule has 1 saturated carbocycles. The average molecular weight is 248 g/mol. The van der Waals surface area contributed by atoms with E-state index >= 15 is 0 Å². The second-order valence-corrected chi connectivity index (χ2v) is 6.43. The van der Waals surface area contributed by atoms with Crippen LogP contribution in [0.3, 0.4) is 0 Å². The predicted molar refractivity (Wildman–Crippen MR) is 73.1 cm³/mol. The van der Waals surface area contributed by atoms with Crippen molar-refractivity contribution < 1.29 is 4.79 Å². The number of carbonyl (C=O) groups is 1. The van der Waals surface area contributed by atoms with Crippen LogP contribution >= 0.6 is 0 Å². The normalized spacial score (nSPS) is 18.6. The third kappa shape index (κ3) is 2.82. The minimum Gasteiger partial charge on any atom is -0.298 e. The maximum atomic E-state index is 11.2. The first-order valence-corrected chi connectivity index (χ1v) is 7.07. The Hall–Kier alpha value is -1.12. The Bertz CT molecular complexity index is 407. The summed E-state index contributed by atoms with van der Waals surface area (Å²) >= 11 is 0. The van der Waals surface area contributed by atoms with Crippen molar-refractivity contribution in [3.05, 3.63) is 17.5 Å². The zero-order valence-corrected chi connectivity index (χ0v) is 11.8. The van der Waals surface area contributed by atoms with Gasteiger partial charge in [-0.05, 0) is 12.8 Å². The molecule has 3 nitrogen and oxygen atoms in total. The van der Waals surface area contributed by atoms with Crippen molar-refractivity contribution in [2.75, 3.05) is 0 Å². The molecule has 0 radical (unpaired) electrons. The van der Waals surface area contributed by atoms with E-state index in [1.54, 1.807) is 0 Å². The number of rotatable bonds is 2. The fourth-order valence-electron chi connectivity index (χ4n) is 2.78. The molecule has 0 N–H and O–H groups in total. The molecule has 0 atom stereocenters. The van der Waals surface area contributed by atoms with E-state index in [2.05, 4.69) is 25.5 Å². The Labute approximate surface area is 110 Å². The van der Waals surface area contributed by atoms with Gasteiger partial charge in [-0.1, -0.05) is 46.5 Å². The summed E-state index contributed by atoms with van der Waals surface area (Å²) in [7, 11) is 0. The summed E-state index contributed by atoms with van der Waals surface area (Å²) < 4.78 is 2.05. The first-order chi connectivity index (χ1) is 8.52. The van der Waals surface area contributed by atoms with Crippen LogP contribution in [0.25, 0.3) is 0 Å². The lowest BCUT2D eigenvalue weighted by Crippen LogP contribution is -2.16. The van der Waals surface area contributed by atoms with Crippen LogP contribution in [0.5, 0.6) is 0 Å². The van der Waals surface area contributed by atoms with E-state index in [0.717, 1.165) is 17.5 Å². The third-order valence-electron chi connectivity index (χ3n) is 3.80. The summed E-state index contributed by atoms with van der Waals surface area (Å²) in [6, 6.07) is 0.488. The maximum Gasteiger partial charge on any atom is 0.153 e. The number of aromatic nitrogens is 2. The van der Waals surface area contributed by atoms with Crippen LogP contribution < -0.4 is 0 Å². The Kier molecular flexibility index (Phi) is 3.88. The minimum atomic E-state index is -0.0633. The summed E-state index contributed by atoms with van der Waals surface area (Å²) in [4.78, 5) is 11.2. The third-order valence-corrected chi connectivity index (χ3v) is 3.80. The summed E-state index contributed by atoms with van der Waals surface area (Å²) in [6.07, 6.45) is 10.5. The predicted octanol–water partition coefficient (Wildman–Crippen LogP) is 3.89. The average Bonchev–Trinajstić information content (AvgIpc) is 2.57. The van der Waals surface area contributed by atoms with E-state index in [0.29, 0.717) is 6.04 Å². The van der Waals surface area contributed by atoms with E-state index in [1.165, 1.54) is 38.5 Å². The summed E-state index contributed by atoms with van der Waals surface area (Å²) in [5, 5.41) is 4.70. The van der Waals surface area contributed by atoms with E-state index in [-0.39, 0.29) is 5.41 Å². The lowest BCUT2D eigenvalue weighted by molar-refractivity contribution is 0.112. The van der Waals surface area contributed by atoms with Crippen LogP contribution in [0.1, 0.15) is 81.4 Å². The van der Waals surface area contributed by atoms with E-state index < -0.39 is 0 Å². The van der Waals surface area contributed by atoms with Gasteiger partial charge < -0.3 is 0 Å². The highest BCUT2D eigenvalue weighted by Crippen LogP contribution is 2.30. The highest BCUT2D eigenvalue weighted by molar-refractivity contribution is 5.76. The Morgan fingerprint density at radius 3 is 2.28 bits per heavy atom. The number of hydrogen-bond acceptors (Lipinski definition) is 2. The molecule has 0 bridgehead atoms. The number of aldehydes is 1. The summed E-state index contributed by atoms with van der Waals surface area (Å²) in [6.45, 7) is 6.33. The van der Waals surface area contributed by atoms with E-state index in [9.17, 15) is 4.79 Å². The first-order valence-electron chi connectivity index (χ1n) is 7.07. The molecule has 1 aromatic heterocycles. The van der Waals surface area contributed by atoms with Gasteiger partial charge in [-0.25, -0.2) is 0 Å². The standard InChI is InChI=1S/C15H24N2O/c1-15(2,3)14-12(11-18)10-17(16-14)13-8-6-4-5-7-9-13/h10-11,13H,4-9H2,1-3H3. The molecule has 0 amide bonds. The topological polar surface area (TPSA) is 34.9 Å². The molecule has 100 valence electrons. The van der Waals surface area contributed by atoms with Crippen LogP contribution in [0.4, 0.5) is 0 Å². The van der Waals surface area contributed by atoms with Crippen molar-refractivity contribution in [3.63, 3.8) is 0 Å². The van der Waals surface area contributed by atoms with Gasteiger partial charge >= 0.3 is 0 Å². The lowest BCUT2D eigenvalue weighted by Gasteiger charge is -2.17. The second kappa shape index (κ2) is 5.25. The van der Waals surface area contributed by atoms with Crippen LogP contribution in [0.2, 0.25) is 0 Å². The molecular formula is C15H24N2O. The fourth-order valence-corrected chi connectivity index (χ4v) is 2.78. The Morgan fingerprint density at radius 2 is 1.83 bits per heavy atom. The van der Waals surface area contributed by atoms with Crippen LogP contribution in [-0.2, 0) is 5.41 Å². The van der Waals surface area contributed by atoms with E-state index in [1.807, 2.05) is 6.20 Å². The van der Waals surface area contributed by atoms with E-state index in [4.69, 9.17) is 5.10 Å². The molecule has 18 heavy (non-hydrogen) atoms. The first kappa shape index (κ1) is 13.3. The monoisotopic (exact) mass is 248 g/mol.